The number of benzene rings is 2. The lowest BCUT2D eigenvalue weighted by molar-refractivity contribution is -0.126. The molecule has 0 spiro atoms. The number of amides is 4. The van der Waals surface area contributed by atoms with E-state index in [0.717, 1.165) is 10.6 Å². The third-order valence-corrected chi connectivity index (χ3v) is 5.79. The van der Waals surface area contributed by atoms with Gasteiger partial charge in [0.05, 0.1) is 33.4 Å². The number of carbonyl (C=O) groups excluding carboxylic acids is 4. The van der Waals surface area contributed by atoms with Gasteiger partial charge in [-0.1, -0.05) is 23.2 Å². The number of hydrogen-bond donors (Lipinski definition) is 2. The van der Waals surface area contributed by atoms with Gasteiger partial charge in [0.25, 0.3) is 11.8 Å². The molecule has 1 aliphatic rings. The van der Waals surface area contributed by atoms with Crippen LogP contribution < -0.4 is 10.6 Å². The molecule has 1 atom stereocenters. The summed E-state index contributed by atoms with van der Waals surface area (Å²) in [7, 11) is 0. The molecule has 3 aromatic rings. The Hall–Kier alpha value is -3.69. The summed E-state index contributed by atoms with van der Waals surface area (Å²) >= 11 is 11.9. The number of fused-ring (bicyclic) bond motifs is 1. The molecule has 1 aromatic heterocycles. The molecule has 0 radical (unpaired) electrons. The number of aromatic nitrogens is 2. The van der Waals surface area contributed by atoms with E-state index in [4.69, 9.17) is 23.2 Å². The van der Waals surface area contributed by atoms with Crippen LogP contribution in [0.15, 0.2) is 54.9 Å². The second-order valence-corrected chi connectivity index (χ2v) is 8.05. The van der Waals surface area contributed by atoms with E-state index in [-0.39, 0.29) is 27.7 Å². The van der Waals surface area contributed by atoms with Crippen LogP contribution in [0.5, 0.6) is 0 Å². The third kappa shape index (κ3) is 4.46. The van der Waals surface area contributed by atoms with Crippen molar-refractivity contribution in [3.05, 3.63) is 76.0 Å². The number of nitrogens with one attached hydrogen (secondary N) is 2. The van der Waals surface area contributed by atoms with E-state index in [2.05, 4.69) is 15.7 Å². The molecule has 1 aliphatic heterocycles. The monoisotopic (exact) mass is 485 g/mol. The van der Waals surface area contributed by atoms with Crippen LogP contribution in [0.25, 0.3) is 5.69 Å². The largest absolute Gasteiger partial charge is 0.345 e. The molecule has 0 bridgehead atoms. The van der Waals surface area contributed by atoms with Gasteiger partial charge < -0.3 is 10.6 Å². The summed E-state index contributed by atoms with van der Waals surface area (Å²) in [5, 5.41) is 9.49. The Kier molecular flexibility index (Phi) is 6.17. The SMILES string of the molecule is CC(C(=O)NCC(=O)Nc1ccc(-n2cccn2)cc1)N1C(=O)c2cc(Cl)c(Cl)cc2C1=O. The molecule has 0 saturated heterocycles. The average molecular weight is 486 g/mol. The molecule has 2 aromatic carbocycles. The Labute approximate surface area is 198 Å². The number of imide groups is 1. The first kappa shape index (κ1) is 22.5. The molecule has 1 unspecified atom stereocenters. The second-order valence-electron chi connectivity index (χ2n) is 7.23. The minimum absolute atomic E-state index is 0.0744. The van der Waals surface area contributed by atoms with E-state index in [1.54, 1.807) is 47.4 Å². The van der Waals surface area contributed by atoms with Crippen molar-refractivity contribution in [1.29, 1.82) is 0 Å². The van der Waals surface area contributed by atoms with E-state index >= 15 is 0 Å². The number of halogens is 2. The summed E-state index contributed by atoms with van der Waals surface area (Å²) in [6.07, 6.45) is 3.45. The maximum Gasteiger partial charge on any atom is 0.262 e. The van der Waals surface area contributed by atoms with E-state index in [1.165, 1.54) is 19.1 Å². The summed E-state index contributed by atoms with van der Waals surface area (Å²) in [5.41, 5.74) is 1.51. The van der Waals surface area contributed by atoms with Gasteiger partial charge in [-0.3, -0.25) is 24.1 Å². The summed E-state index contributed by atoms with van der Waals surface area (Å²) in [4.78, 5) is 50.9. The Morgan fingerprint density at radius 3 is 2.18 bits per heavy atom. The van der Waals surface area contributed by atoms with Gasteiger partial charge in [-0.2, -0.15) is 5.10 Å². The molecule has 9 nitrogen and oxygen atoms in total. The van der Waals surface area contributed by atoms with E-state index < -0.39 is 29.7 Å². The van der Waals surface area contributed by atoms with Gasteiger partial charge >= 0.3 is 0 Å². The van der Waals surface area contributed by atoms with Gasteiger partial charge in [0.15, 0.2) is 0 Å². The lowest BCUT2D eigenvalue weighted by atomic mass is 10.1. The van der Waals surface area contributed by atoms with Gasteiger partial charge in [-0.15, -0.1) is 0 Å². The fourth-order valence-electron chi connectivity index (χ4n) is 3.36. The lowest BCUT2D eigenvalue weighted by Gasteiger charge is -2.21. The zero-order valence-electron chi connectivity index (χ0n) is 17.2. The van der Waals surface area contributed by atoms with Crippen molar-refractivity contribution in [3.63, 3.8) is 0 Å². The summed E-state index contributed by atoms with van der Waals surface area (Å²) in [6, 6.07) is 10.2. The first-order valence-electron chi connectivity index (χ1n) is 9.81. The van der Waals surface area contributed by atoms with E-state index in [9.17, 15) is 19.2 Å². The molecule has 168 valence electrons. The standard InChI is InChI=1S/C22H17Cl2N5O4/c1-12(29-21(32)15-9-17(23)18(24)10-16(15)22(29)33)20(31)25-11-19(30)27-13-3-5-14(6-4-13)28-8-2-7-26-28/h2-10,12H,11H2,1H3,(H,25,31)(H,27,30). The number of anilines is 1. The highest BCUT2D eigenvalue weighted by molar-refractivity contribution is 6.43. The average Bonchev–Trinajstić information content (AvgIpc) is 3.41. The van der Waals surface area contributed by atoms with Gasteiger partial charge in [0.1, 0.15) is 6.04 Å². The predicted molar refractivity (Wildman–Crippen MR) is 122 cm³/mol. The van der Waals surface area contributed by atoms with Crippen molar-refractivity contribution in [2.24, 2.45) is 0 Å². The molecular formula is C22H17Cl2N5O4. The van der Waals surface area contributed by atoms with Crippen LogP contribution in [0, 0.1) is 0 Å². The predicted octanol–water partition coefficient (Wildman–Crippen LogP) is 2.92. The van der Waals surface area contributed by atoms with Crippen molar-refractivity contribution in [1.82, 2.24) is 20.0 Å². The maximum atomic E-state index is 12.6. The van der Waals surface area contributed by atoms with Crippen LogP contribution in [0.1, 0.15) is 27.6 Å². The number of hydrogen-bond acceptors (Lipinski definition) is 5. The maximum absolute atomic E-state index is 12.6. The van der Waals surface area contributed by atoms with Crippen molar-refractivity contribution in [3.8, 4) is 5.69 Å². The number of carbonyl (C=O) groups is 4. The lowest BCUT2D eigenvalue weighted by Crippen LogP contribution is -2.49. The summed E-state index contributed by atoms with van der Waals surface area (Å²) < 4.78 is 1.67. The zero-order valence-corrected chi connectivity index (χ0v) is 18.7. The molecule has 2 N–H and O–H groups in total. The van der Waals surface area contributed by atoms with Crippen molar-refractivity contribution in [2.45, 2.75) is 13.0 Å². The molecule has 4 rings (SSSR count). The van der Waals surface area contributed by atoms with Crippen LogP contribution in [0.3, 0.4) is 0 Å². The third-order valence-electron chi connectivity index (χ3n) is 5.07. The Morgan fingerprint density at radius 2 is 1.64 bits per heavy atom. The topological polar surface area (TPSA) is 113 Å². The molecule has 0 aliphatic carbocycles. The van der Waals surface area contributed by atoms with Gasteiger partial charge in [0, 0.05) is 18.1 Å². The summed E-state index contributed by atoms with van der Waals surface area (Å²) in [5.74, 6) is -2.44. The normalized spacial score (nSPS) is 13.6. The van der Waals surface area contributed by atoms with E-state index in [1.807, 2.05) is 0 Å². The van der Waals surface area contributed by atoms with Crippen LogP contribution in [-0.2, 0) is 9.59 Å². The fraction of sp³-hybridized carbons (Fsp3) is 0.136. The van der Waals surface area contributed by atoms with Crippen molar-refractivity contribution >= 4 is 52.5 Å². The van der Waals surface area contributed by atoms with Crippen LogP contribution in [0.2, 0.25) is 10.0 Å². The molecular weight excluding hydrogens is 469 g/mol. The van der Waals surface area contributed by atoms with Crippen molar-refractivity contribution in [2.75, 3.05) is 11.9 Å². The van der Waals surface area contributed by atoms with Crippen LogP contribution in [0.4, 0.5) is 5.69 Å². The second kappa shape index (κ2) is 9.05. The van der Waals surface area contributed by atoms with Gasteiger partial charge in [-0.05, 0) is 49.4 Å². The number of nitrogens with zero attached hydrogens (tertiary/aromatic N) is 3. The highest BCUT2D eigenvalue weighted by Crippen LogP contribution is 2.32. The Balaban J connectivity index is 1.34. The first-order valence-corrected chi connectivity index (χ1v) is 10.6. The quantitative estimate of drug-likeness (QED) is 0.521. The highest BCUT2D eigenvalue weighted by atomic mass is 35.5. The smallest absolute Gasteiger partial charge is 0.262 e. The molecule has 33 heavy (non-hydrogen) atoms. The molecule has 2 heterocycles. The Morgan fingerprint density at radius 1 is 1.03 bits per heavy atom. The summed E-state index contributed by atoms with van der Waals surface area (Å²) in [6.45, 7) is 1.05. The van der Waals surface area contributed by atoms with Crippen molar-refractivity contribution < 1.29 is 19.2 Å². The molecule has 11 heteroatoms. The number of rotatable bonds is 6. The first-order chi connectivity index (χ1) is 15.8. The minimum Gasteiger partial charge on any atom is -0.345 e. The zero-order chi connectivity index (χ0) is 23.7. The van der Waals surface area contributed by atoms with E-state index in [0.29, 0.717) is 5.69 Å². The highest BCUT2D eigenvalue weighted by Gasteiger charge is 2.41. The fourth-order valence-corrected chi connectivity index (χ4v) is 3.69. The molecule has 4 amide bonds. The molecule has 0 fully saturated rings. The molecule has 0 saturated carbocycles. The minimum atomic E-state index is -1.14. The van der Waals surface area contributed by atoms with Gasteiger partial charge in [0.2, 0.25) is 11.8 Å². The van der Waals surface area contributed by atoms with Gasteiger partial charge in [-0.25, -0.2) is 4.68 Å². The van der Waals surface area contributed by atoms with Crippen LogP contribution >= 0.6 is 23.2 Å². The van der Waals surface area contributed by atoms with Crippen LogP contribution in [-0.4, -0.2) is 50.9 Å². The Bertz CT molecular complexity index is 1220.